The summed E-state index contributed by atoms with van der Waals surface area (Å²) >= 11 is 0. The van der Waals surface area contributed by atoms with Crippen molar-refractivity contribution in [2.75, 3.05) is 11.9 Å². The molecule has 0 aliphatic heterocycles. The van der Waals surface area contributed by atoms with Crippen molar-refractivity contribution in [1.82, 2.24) is 0 Å². The van der Waals surface area contributed by atoms with Crippen molar-refractivity contribution in [3.63, 3.8) is 0 Å². The molecule has 0 saturated carbocycles. The summed E-state index contributed by atoms with van der Waals surface area (Å²) in [5.74, 6) is -0.0417. The van der Waals surface area contributed by atoms with Crippen LogP contribution in [0.15, 0.2) is 18.2 Å². The van der Waals surface area contributed by atoms with Gasteiger partial charge in [-0.05, 0) is 51.0 Å². The molecular formula is C13H21ClN2O. The first kappa shape index (κ1) is 15.9. The SMILES string of the molecule is Cc1cc(C)cc(NC(=O)C(C)(C)CN)c1.Cl. The second-order valence-corrected chi connectivity index (χ2v) is 4.92. The molecule has 0 bridgehead atoms. The predicted octanol–water partition coefficient (Wildman–Crippen LogP) is 2.65. The lowest BCUT2D eigenvalue weighted by atomic mass is 9.92. The van der Waals surface area contributed by atoms with Crippen molar-refractivity contribution in [2.45, 2.75) is 27.7 Å². The summed E-state index contributed by atoms with van der Waals surface area (Å²) in [4.78, 5) is 11.9. The number of rotatable bonds is 3. The monoisotopic (exact) mass is 256 g/mol. The van der Waals surface area contributed by atoms with Crippen LogP contribution in [0.2, 0.25) is 0 Å². The zero-order valence-electron chi connectivity index (χ0n) is 10.8. The van der Waals surface area contributed by atoms with Crippen LogP contribution in [0.5, 0.6) is 0 Å². The van der Waals surface area contributed by atoms with E-state index in [2.05, 4.69) is 11.4 Å². The molecule has 96 valence electrons. The average Bonchev–Trinajstić information content (AvgIpc) is 2.15. The smallest absolute Gasteiger partial charge is 0.231 e. The zero-order chi connectivity index (χ0) is 12.3. The van der Waals surface area contributed by atoms with E-state index in [0.717, 1.165) is 16.8 Å². The molecule has 17 heavy (non-hydrogen) atoms. The molecule has 1 aromatic carbocycles. The largest absolute Gasteiger partial charge is 0.329 e. The van der Waals surface area contributed by atoms with Gasteiger partial charge in [-0.15, -0.1) is 12.4 Å². The number of halogens is 1. The number of aryl methyl sites for hydroxylation is 2. The molecule has 0 aromatic heterocycles. The third-order valence-electron chi connectivity index (χ3n) is 2.60. The third kappa shape index (κ3) is 4.36. The molecule has 1 amide bonds. The Balaban J connectivity index is 0.00000256. The molecule has 3 N–H and O–H groups in total. The molecule has 0 spiro atoms. The molecule has 1 aromatic rings. The number of nitrogens with one attached hydrogen (secondary N) is 1. The van der Waals surface area contributed by atoms with E-state index < -0.39 is 5.41 Å². The first-order valence-corrected chi connectivity index (χ1v) is 5.45. The van der Waals surface area contributed by atoms with Crippen LogP contribution < -0.4 is 11.1 Å². The van der Waals surface area contributed by atoms with Gasteiger partial charge in [-0.2, -0.15) is 0 Å². The van der Waals surface area contributed by atoms with Crippen molar-refractivity contribution >= 4 is 24.0 Å². The van der Waals surface area contributed by atoms with E-state index in [1.807, 2.05) is 39.8 Å². The van der Waals surface area contributed by atoms with Gasteiger partial charge in [0.05, 0.1) is 5.41 Å². The molecule has 0 radical (unpaired) electrons. The first-order valence-electron chi connectivity index (χ1n) is 5.45. The minimum absolute atomic E-state index is 0. The molecular weight excluding hydrogens is 236 g/mol. The summed E-state index contributed by atoms with van der Waals surface area (Å²) < 4.78 is 0. The van der Waals surface area contributed by atoms with Gasteiger partial charge < -0.3 is 11.1 Å². The number of hydrogen-bond donors (Lipinski definition) is 2. The van der Waals surface area contributed by atoms with Crippen LogP contribution in [0.25, 0.3) is 0 Å². The highest BCUT2D eigenvalue weighted by molar-refractivity contribution is 5.95. The Morgan fingerprint density at radius 3 is 2.12 bits per heavy atom. The van der Waals surface area contributed by atoms with Crippen LogP contribution >= 0.6 is 12.4 Å². The summed E-state index contributed by atoms with van der Waals surface area (Å²) in [5, 5.41) is 2.90. The Bertz CT molecular complexity index is 382. The number of amides is 1. The highest BCUT2D eigenvalue weighted by Gasteiger charge is 2.25. The molecule has 4 heteroatoms. The van der Waals surface area contributed by atoms with Gasteiger partial charge >= 0.3 is 0 Å². The molecule has 0 unspecified atom stereocenters. The summed E-state index contributed by atoms with van der Waals surface area (Å²) in [7, 11) is 0. The number of nitrogens with two attached hydrogens (primary N) is 1. The summed E-state index contributed by atoms with van der Waals surface area (Å²) in [6, 6.07) is 5.98. The van der Waals surface area contributed by atoms with Gasteiger partial charge in [0.15, 0.2) is 0 Å². The van der Waals surface area contributed by atoms with Crippen LogP contribution in [0, 0.1) is 19.3 Å². The lowest BCUT2D eigenvalue weighted by Crippen LogP contribution is -2.37. The number of carbonyl (C=O) groups excluding carboxylic acids is 1. The summed E-state index contributed by atoms with van der Waals surface area (Å²) in [6.45, 7) is 8.03. The van der Waals surface area contributed by atoms with Gasteiger partial charge in [-0.1, -0.05) is 6.07 Å². The number of hydrogen-bond acceptors (Lipinski definition) is 2. The van der Waals surface area contributed by atoms with Crippen LogP contribution in [0.3, 0.4) is 0 Å². The number of carbonyl (C=O) groups is 1. The Hall–Kier alpha value is -1.06. The predicted molar refractivity (Wildman–Crippen MR) is 74.6 cm³/mol. The van der Waals surface area contributed by atoms with Crippen LogP contribution in [0.4, 0.5) is 5.69 Å². The van der Waals surface area contributed by atoms with E-state index in [4.69, 9.17) is 5.73 Å². The third-order valence-corrected chi connectivity index (χ3v) is 2.60. The number of anilines is 1. The fourth-order valence-electron chi connectivity index (χ4n) is 1.44. The van der Waals surface area contributed by atoms with Crippen LogP contribution in [0.1, 0.15) is 25.0 Å². The molecule has 0 aliphatic carbocycles. The zero-order valence-corrected chi connectivity index (χ0v) is 11.6. The van der Waals surface area contributed by atoms with Gasteiger partial charge in [0, 0.05) is 12.2 Å². The second-order valence-electron chi connectivity index (χ2n) is 4.92. The maximum Gasteiger partial charge on any atom is 0.231 e. The first-order chi connectivity index (χ1) is 7.35. The molecule has 3 nitrogen and oxygen atoms in total. The molecule has 0 heterocycles. The van der Waals surface area contributed by atoms with Gasteiger partial charge in [0.25, 0.3) is 0 Å². The highest BCUT2D eigenvalue weighted by Crippen LogP contribution is 2.19. The topological polar surface area (TPSA) is 55.1 Å². The van der Waals surface area contributed by atoms with E-state index in [9.17, 15) is 4.79 Å². The van der Waals surface area contributed by atoms with E-state index in [-0.39, 0.29) is 18.3 Å². The molecule has 0 fully saturated rings. The lowest BCUT2D eigenvalue weighted by molar-refractivity contribution is -0.123. The van der Waals surface area contributed by atoms with E-state index in [1.165, 1.54) is 0 Å². The van der Waals surface area contributed by atoms with Crippen molar-refractivity contribution in [3.8, 4) is 0 Å². The van der Waals surface area contributed by atoms with Gasteiger partial charge in [0.1, 0.15) is 0 Å². The van der Waals surface area contributed by atoms with Crippen molar-refractivity contribution < 1.29 is 4.79 Å². The van der Waals surface area contributed by atoms with E-state index in [1.54, 1.807) is 0 Å². The van der Waals surface area contributed by atoms with Crippen molar-refractivity contribution in [2.24, 2.45) is 11.1 Å². The minimum Gasteiger partial charge on any atom is -0.329 e. The number of benzene rings is 1. The Labute approximate surface area is 109 Å². The Morgan fingerprint density at radius 1 is 1.24 bits per heavy atom. The fraction of sp³-hybridized carbons (Fsp3) is 0.462. The molecule has 1 rings (SSSR count). The van der Waals surface area contributed by atoms with Gasteiger partial charge in [-0.3, -0.25) is 4.79 Å². The second kappa shape index (κ2) is 6.03. The van der Waals surface area contributed by atoms with Gasteiger partial charge in [0.2, 0.25) is 5.91 Å². The maximum atomic E-state index is 11.9. The van der Waals surface area contributed by atoms with Crippen LogP contribution in [-0.2, 0) is 4.79 Å². The van der Waals surface area contributed by atoms with Crippen molar-refractivity contribution in [3.05, 3.63) is 29.3 Å². The maximum absolute atomic E-state index is 11.9. The Kier molecular flexibility index (Phi) is 5.66. The average molecular weight is 257 g/mol. The van der Waals surface area contributed by atoms with Gasteiger partial charge in [-0.25, -0.2) is 0 Å². The van der Waals surface area contributed by atoms with Crippen molar-refractivity contribution in [1.29, 1.82) is 0 Å². The molecule has 0 atom stereocenters. The molecule has 0 aliphatic rings. The molecule has 0 saturated heterocycles. The minimum atomic E-state index is -0.530. The Morgan fingerprint density at radius 2 is 1.71 bits per heavy atom. The highest BCUT2D eigenvalue weighted by atomic mass is 35.5. The lowest BCUT2D eigenvalue weighted by Gasteiger charge is -2.21. The van der Waals surface area contributed by atoms with E-state index in [0.29, 0.717) is 6.54 Å². The summed E-state index contributed by atoms with van der Waals surface area (Å²) in [6.07, 6.45) is 0. The van der Waals surface area contributed by atoms with Crippen LogP contribution in [-0.4, -0.2) is 12.5 Å². The normalized spacial score (nSPS) is 10.6. The standard InChI is InChI=1S/C13H20N2O.ClH/c1-9-5-10(2)7-11(6-9)15-12(16)13(3,4)8-14;/h5-7H,8,14H2,1-4H3,(H,15,16);1H. The summed E-state index contributed by atoms with van der Waals surface area (Å²) in [5.41, 5.74) is 8.15. The quantitative estimate of drug-likeness (QED) is 0.874. The fourth-order valence-corrected chi connectivity index (χ4v) is 1.44. The van der Waals surface area contributed by atoms with E-state index >= 15 is 0 Å².